The number of hydrogen-bond donors (Lipinski definition) is 0. The van der Waals surface area contributed by atoms with E-state index < -0.39 is 0 Å². The van der Waals surface area contributed by atoms with Gasteiger partial charge >= 0.3 is 0 Å². The van der Waals surface area contributed by atoms with Crippen LogP contribution in [0.5, 0.6) is 0 Å². The predicted octanol–water partition coefficient (Wildman–Crippen LogP) is 15.7. The van der Waals surface area contributed by atoms with Gasteiger partial charge in [0.15, 0.2) is 0 Å². The van der Waals surface area contributed by atoms with Crippen molar-refractivity contribution in [1.29, 1.82) is 0 Å². The summed E-state index contributed by atoms with van der Waals surface area (Å²) in [4.78, 5) is 5.16. The summed E-state index contributed by atoms with van der Waals surface area (Å²) in [5.74, 6) is 1.76. The molecule has 0 spiro atoms. The highest BCUT2D eigenvalue weighted by atomic mass is 15.1. The second kappa shape index (κ2) is 15.3. The second-order valence-corrected chi connectivity index (χ2v) is 16.6. The molecule has 2 aliphatic carbocycles. The van der Waals surface area contributed by atoms with Crippen LogP contribution in [0.15, 0.2) is 200 Å². The van der Waals surface area contributed by atoms with Gasteiger partial charge in [-0.05, 0) is 134 Å². The maximum absolute atomic E-state index is 5.16. The van der Waals surface area contributed by atoms with Gasteiger partial charge in [0.05, 0.1) is 11.0 Å². The minimum atomic E-state index is 0.318. The highest BCUT2D eigenvalue weighted by molar-refractivity contribution is 6.20. The number of aromatic nitrogens is 2. The number of para-hydroxylation sites is 3. The zero-order valence-electron chi connectivity index (χ0n) is 33.9. The number of hydrogen-bond acceptors (Lipinski definition) is 1. The Labute approximate surface area is 352 Å². The van der Waals surface area contributed by atoms with Crippen LogP contribution in [0.25, 0.3) is 83.1 Å². The molecule has 0 saturated carbocycles. The minimum Gasteiger partial charge on any atom is -0.292 e. The molecule has 288 valence electrons. The van der Waals surface area contributed by atoms with E-state index in [1.165, 1.54) is 78.1 Å². The van der Waals surface area contributed by atoms with Crippen molar-refractivity contribution in [3.8, 4) is 39.3 Å². The molecule has 2 atom stereocenters. The Balaban J connectivity index is 1.14. The fraction of sp³-hybridized carbons (Fsp3) is 0.121. The van der Waals surface area contributed by atoms with Gasteiger partial charge in [0, 0.05) is 17.2 Å². The van der Waals surface area contributed by atoms with Crippen LogP contribution in [-0.2, 0) is 0 Å². The van der Waals surface area contributed by atoms with Gasteiger partial charge in [-0.15, -0.1) is 0 Å². The molecule has 8 aromatic carbocycles. The first kappa shape index (κ1) is 36.1. The minimum absolute atomic E-state index is 0.318. The largest absolute Gasteiger partial charge is 0.292 e. The first-order valence-corrected chi connectivity index (χ1v) is 21.5. The topological polar surface area (TPSA) is 17.8 Å². The molecular weight excluding hydrogens is 725 g/mol. The van der Waals surface area contributed by atoms with Gasteiger partial charge in [-0.3, -0.25) is 4.57 Å². The molecule has 9 aromatic rings. The SMILES string of the molecule is CC1C=C(c2c3ccccc3c(-c3ccccc3C3=CC=CCC3)c3ccc(-c4ccc(-c5nc6ccccc6n5-c5ccccc5)cc4)cc23)C(c2ccccc2)CC1. The Kier molecular flexibility index (Phi) is 9.19. The van der Waals surface area contributed by atoms with Crippen molar-refractivity contribution in [3.63, 3.8) is 0 Å². The molecule has 1 aromatic heterocycles. The first-order valence-electron chi connectivity index (χ1n) is 21.5. The Bertz CT molecular complexity index is 3140. The van der Waals surface area contributed by atoms with Crippen LogP contribution in [0.2, 0.25) is 0 Å². The molecule has 0 amide bonds. The van der Waals surface area contributed by atoms with E-state index in [9.17, 15) is 0 Å². The summed E-state index contributed by atoms with van der Waals surface area (Å²) in [5.41, 5.74) is 16.3. The van der Waals surface area contributed by atoms with Crippen LogP contribution in [0.4, 0.5) is 0 Å². The van der Waals surface area contributed by atoms with Crippen LogP contribution in [0, 0.1) is 5.92 Å². The van der Waals surface area contributed by atoms with Crippen molar-refractivity contribution in [2.75, 3.05) is 0 Å². The number of nitrogens with zero attached hydrogens (tertiary/aromatic N) is 2. The Morgan fingerprint density at radius 3 is 1.98 bits per heavy atom. The molecule has 0 radical (unpaired) electrons. The smallest absolute Gasteiger partial charge is 0.145 e. The van der Waals surface area contributed by atoms with Gasteiger partial charge in [-0.2, -0.15) is 0 Å². The zero-order chi connectivity index (χ0) is 40.0. The summed E-state index contributed by atoms with van der Waals surface area (Å²) in [7, 11) is 0. The van der Waals surface area contributed by atoms with E-state index in [-0.39, 0.29) is 0 Å². The van der Waals surface area contributed by atoms with Gasteiger partial charge < -0.3 is 0 Å². The van der Waals surface area contributed by atoms with Crippen LogP contribution >= 0.6 is 0 Å². The molecule has 60 heavy (non-hydrogen) atoms. The molecule has 1 heterocycles. The molecule has 2 unspecified atom stereocenters. The van der Waals surface area contributed by atoms with E-state index in [1.54, 1.807) is 0 Å². The van der Waals surface area contributed by atoms with Crippen LogP contribution in [0.1, 0.15) is 55.2 Å². The molecule has 0 bridgehead atoms. The maximum atomic E-state index is 5.16. The van der Waals surface area contributed by atoms with E-state index in [2.05, 4.69) is 212 Å². The standard InChI is InChI=1S/C58H46N2/c1-39-29-35-47(42-19-7-3-8-20-42)52(37-39)57-50-26-14-13-25-49(50)56(48-24-12-11-23-46(48)41-17-5-2-6-18-41)51-36-34-44(38-53(51)57)40-30-32-43(33-31-40)58-59-54-27-15-16-28-55(54)60(58)45-21-9-4-10-22-45/h2-5,7-17,19-28,30-34,36-39,47H,6,18,29,35H2,1H3. The second-order valence-electron chi connectivity index (χ2n) is 16.6. The number of imidazole rings is 1. The van der Waals surface area contributed by atoms with Crippen LogP contribution in [-0.4, -0.2) is 9.55 Å². The van der Waals surface area contributed by atoms with Crippen LogP contribution < -0.4 is 0 Å². The lowest BCUT2D eigenvalue weighted by molar-refractivity contribution is 0.556. The molecule has 0 N–H and O–H groups in total. The Morgan fingerprint density at radius 2 is 1.20 bits per heavy atom. The number of benzene rings is 8. The molecule has 2 nitrogen and oxygen atoms in total. The fourth-order valence-electron chi connectivity index (χ4n) is 10.0. The highest BCUT2D eigenvalue weighted by Crippen LogP contribution is 2.50. The van der Waals surface area contributed by atoms with E-state index in [4.69, 9.17) is 4.98 Å². The number of fused-ring (bicyclic) bond motifs is 3. The summed E-state index contributed by atoms with van der Waals surface area (Å²) < 4.78 is 2.28. The van der Waals surface area contributed by atoms with Crippen molar-refractivity contribution < 1.29 is 0 Å². The van der Waals surface area contributed by atoms with Crippen molar-refractivity contribution in [2.24, 2.45) is 5.92 Å². The Hall–Kier alpha value is -7.03. The molecule has 0 aliphatic heterocycles. The third-order valence-corrected chi connectivity index (χ3v) is 12.9. The summed E-state index contributed by atoms with van der Waals surface area (Å²) in [6.45, 7) is 2.39. The van der Waals surface area contributed by atoms with Crippen LogP contribution in [0.3, 0.4) is 0 Å². The van der Waals surface area contributed by atoms with E-state index in [1.807, 2.05) is 0 Å². The zero-order valence-corrected chi connectivity index (χ0v) is 33.9. The van der Waals surface area contributed by atoms with E-state index >= 15 is 0 Å². The quantitative estimate of drug-likeness (QED) is 0.148. The summed E-state index contributed by atoms with van der Waals surface area (Å²) >= 11 is 0. The van der Waals surface area contributed by atoms with Gasteiger partial charge in [0.25, 0.3) is 0 Å². The van der Waals surface area contributed by atoms with Gasteiger partial charge in [0.2, 0.25) is 0 Å². The lowest BCUT2D eigenvalue weighted by atomic mass is 9.73. The maximum Gasteiger partial charge on any atom is 0.145 e. The molecule has 2 heteroatoms. The van der Waals surface area contributed by atoms with Gasteiger partial charge in [0.1, 0.15) is 5.82 Å². The Morgan fingerprint density at radius 1 is 0.550 bits per heavy atom. The summed E-state index contributed by atoms with van der Waals surface area (Å²) in [6.07, 6.45) is 13.8. The molecule has 2 aliphatic rings. The molecular formula is C58H46N2. The lowest BCUT2D eigenvalue weighted by Crippen LogP contribution is -2.12. The van der Waals surface area contributed by atoms with Gasteiger partial charge in [-0.25, -0.2) is 4.98 Å². The fourth-order valence-corrected chi connectivity index (χ4v) is 10.0. The number of rotatable bonds is 7. The van der Waals surface area contributed by atoms with Crippen molar-refractivity contribution in [1.82, 2.24) is 9.55 Å². The van der Waals surface area contributed by atoms with Crippen molar-refractivity contribution in [2.45, 2.75) is 38.5 Å². The summed E-state index contributed by atoms with van der Waals surface area (Å²) in [6, 6.07) is 64.7. The van der Waals surface area contributed by atoms with E-state index in [0.717, 1.165) is 47.4 Å². The normalized spacial score (nSPS) is 16.6. The van der Waals surface area contributed by atoms with Crippen molar-refractivity contribution in [3.05, 3.63) is 217 Å². The van der Waals surface area contributed by atoms with Crippen molar-refractivity contribution >= 4 is 43.7 Å². The van der Waals surface area contributed by atoms with E-state index in [0.29, 0.717) is 11.8 Å². The monoisotopic (exact) mass is 770 g/mol. The predicted molar refractivity (Wildman–Crippen MR) is 254 cm³/mol. The average Bonchev–Trinajstić information content (AvgIpc) is 3.71. The third kappa shape index (κ3) is 6.31. The van der Waals surface area contributed by atoms with Gasteiger partial charge in [-0.1, -0.05) is 177 Å². The third-order valence-electron chi connectivity index (χ3n) is 12.9. The molecule has 11 rings (SSSR count). The highest BCUT2D eigenvalue weighted by Gasteiger charge is 2.28. The number of allylic oxidation sites excluding steroid dienone is 6. The average molecular weight is 771 g/mol. The summed E-state index contributed by atoms with van der Waals surface area (Å²) in [5, 5.41) is 5.24. The molecule has 0 saturated heterocycles. The first-order chi connectivity index (χ1) is 29.7. The lowest BCUT2D eigenvalue weighted by Gasteiger charge is -2.31. The molecule has 0 fully saturated rings.